The molecule has 1 aromatic carbocycles. The van der Waals surface area contributed by atoms with Crippen LogP contribution in [0.4, 0.5) is 4.39 Å². The van der Waals surface area contributed by atoms with Crippen LogP contribution in [0.25, 0.3) is 31.9 Å². The van der Waals surface area contributed by atoms with Crippen LogP contribution in [0, 0.1) is 12.7 Å². The first kappa shape index (κ1) is 13.1. The molecule has 0 unspecified atom stereocenters. The normalized spacial score (nSPS) is 11.3. The summed E-state index contributed by atoms with van der Waals surface area (Å²) in [6.07, 6.45) is 0. The molecule has 104 valence electrons. The van der Waals surface area contributed by atoms with E-state index in [2.05, 4.69) is 20.2 Å². The van der Waals surface area contributed by atoms with Gasteiger partial charge in [0.2, 0.25) is 0 Å². The summed E-state index contributed by atoms with van der Waals surface area (Å²) >= 11 is 4.25. The predicted octanol–water partition coefficient (Wildman–Crippen LogP) is 5.60. The minimum Gasteiger partial charge on any atom is -0.206 e. The topological polar surface area (TPSA) is 25.8 Å². The highest BCUT2D eigenvalue weighted by Gasteiger charge is 2.19. The molecule has 0 amide bonds. The number of aromatic nitrogens is 2. The summed E-state index contributed by atoms with van der Waals surface area (Å²) in [5, 5.41) is 4.00. The van der Waals surface area contributed by atoms with Crippen molar-refractivity contribution in [3.8, 4) is 20.9 Å². The summed E-state index contributed by atoms with van der Waals surface area (Å²) in [4.78, 5) is 1.92. The molecule has 0 saturated carbocycles. The summed E-state index contributed by atoms with van der Waals surface area (Å²) in [5.41, 5.74) is 4.00. The van der Waals surface area contributed by atoms with Crippen molar-refractivity contribution in [2.75, 3.05) is 0 Å². The van der Waals surface area contributed by atoms with E-state index in [9.17, 15) is 4.39 Å². The Bertz CT molecular complexity index is 922. The van der Waals surface area contributed by atoms with Gasteiger partial charge in [-0.05, 0) is 41.4 Å². The molecule has 21 heavy (non-hydrogen) atoms. The molecule has 0 spiro atoms. The average molecular weight is 332 g/mol. The molecule has 0 bridgehead atoms. The lowest BCUT2D eigenvalue weighted by Gasteiger charge is -2.05. The van der Waals surface area contributed by atoms with Crippen LogP contribution in [-0.4, -0.2) is 8.75 Å². The Morgan fingerprint density at radius 2 is 1.90 bits per heavy atom. The van der Waals surface area contributed by atoms with E-state index in [1.54, 1.807) is 17.4 Å². The Morgan fingerprint density at radius 3 is 2.62 bits per heavy atom. The molecule has 0 fully saturated rings. The fourth-order valence-electron chi connectivity index (χ4n) is 2.33. The monoisotopic (exact) mass is 332 g/mol. The lowest BCUT2D eigenvalue weighted by molar-refractivity contribution is 0.633. The van der Waals surface area contributed by atoms with Gasteiger partial charge in [-0.15, -0.1) is 22.7 Å². The van der Waals surface area contributed by atoms with Gasteiger partial charge < -0.3 is 0 Å². The van der Waals surface area contributed by atoms with Crippen LogP contribution >= 0.6 is 34.4 Å². The first-order valence-corrected chi connectivity index (χ1v) is 8.77. The van der Waals surface area contributed by atoms with E-state index in [-0.39, 0.29) is 5.82 Å². The van der Waals surface area contributed by atoms with Gasteiger partial charge in [0.1, 0.15) is 16.9 Å². The number of fused-ring (bicyclic) bond motifs is 1. The summed E-state index contributed by atoms with van der Waals surface area (Å²) in [6.45, 7) is 2.03. The van der Waals surface area contributed by atoms with Gasteiger partial charge in [-0.25, -0.2) is 4.39 Å². The second-order valence-corrected chi connectivity index (χ2v) is 7.10. The zero-order valence-corrected chi connectivity index (χ0v) is 13.4. The predicted molar refractivity (Wildman–Crippen MR) is 88.7 cm³/mol. The minimum absolute atomic E-state index is 0.237. The van der Waals surface area contributed by atoms with E-state index < -0.39 is 0 Å². The van der Waals surface area contributed by atoms with Crippen LogP contribution in [0.1, 0.15) is 5.56 Å². The zero-order valence-electron chi connectivity index (χ0n) is 11.0. The van der Waals surface area contributed by atoms with Crippen LogP contribution < -0.4 is 0 Å². The summed E-state index contributed by atoms with van der Waals surface area (Å²) in [7, 11) is 0. The van der Waals surface area contributed by atoms with Gasteiger partial charge in [0.15, 0.2) is 0 Å². The molecule has 3 heterocycles. The maximum absolute atomic E-state index is 14.7. The molecule has 4 rings (SSSR count). The SMILES string of the molecule is Cc1csc(-c2cc(F)c(-c3cccs3)c3nsnc23)c1. The molecule has 4 aromatic rings. The first-order valence-electron chi connectivity index (χ1n) is 6.28. The second-order valence-electron chi connectivity index (χ2n) is 4.71. The number of aryl methyl sites for hydroxylation is 1. The van der Waals surface area contributed by atoms with E-state index >= 15 is 0 Å². The number of nitrogens with zero attached hydrogens (tertiary/aromatic N) is 2. The van der Waals surface area contributed by atoms with Gasteiger partial charge in [0.05, 0.1) is 17.3 Å². The highest BCUT2D eigenvalue weighted by Crippen LogP contribution is 2.39. The lowest BCUT2D eigenvalue weighted by Crippen LogP contribution is -1.88. The van der Waals surface area contributed by atoms with Crippen LogP contribution in [-0.2, 0) is 0 Å². The molecule has 0 aliphatic rings. The van der Waals surface area contributed by atoms with Gasteiger partial charge in [-0.3, -0.25) is 0 Å². The molecule has 0 radical (unpaired) electrons. The Kier molecular flexibility index (Phi) is 3.10. The highest BCUT2D eigenvalue weighted by atomic mass is 32.1. The average Bonchev–Trinajstić information content (AvgIpc) is 3.17. The van der Waals surface area contributed by atoms with E-state index in [1.807, 2.05) is 24.4 Å². The van der Waals surface area contributed by atoms with Crippen LogP contribution in [0.3, 0.4) is 0 Å². The van der Waals surface area contributed by atoms with Crippen molar-refractivity contribution < 1.29 is 4.39 Å². The lowest BCUT2D eigenvalue weighted by atomic mass is 10.0. The molecule has 0 aliphatic carbocycles. The fourth-order valence-corrected chi connectivity index (χ4v) is 4.58. The third-order valence-electron chi connectivity index (χ3n) is 3.25. The van der Waals surface area contributed by atoms with Crippen LogP contribution in [0.2, 0.25) is 0 Å². The van der Waals surface area contributed by atoms with E-state index in [4.69, 9.17) is 0 Å². The minimum atomic E-state index is -0.237. The molecule has 2 nitrogen and oxygen atoms in total. The zero-order chi connectivity index (χ0) is 14.4. The summed E-state index contributed by atoms with van der Waals surface area (Å²) in [5.74, 6) is -0.237. The van der Waals surface area contributed by atoms with Crippen molar-refractivity contribution in [2.24, 2.45) is 0 Å². The number of hydrogen-bond acceptors (Lipinski definition) is 5. The third-order valence-corrected chi connectivity index (χ3v) is 5.75. The molecule has 6 heteroatoms. The number of benzene rings is 1. The van der Waals surface area contributed by atoms with Gasteiger partial charge in [-0.1, -0.05) is 6.07 Å². The first-order chi connectivity index (χ1) is 10.2. The molecule has 0 atom stereocenters. The van der Waals surface area contributed by atoms with E-state index in [0.29, 0.717) is 11.1 Å². The molecular weight excluding hydrogens is 323 g/mol. The Morgan fingerprint density at radius 1 is 1.05 bits per heavy atom. The smallest absolute Gasteiger partial charge is 0.134 e. The quantitative estimate of drug-likeness (QED) is 0.478. The van der Waals surface area contributed by atoms with Crippen molar-refractivity contribution >= 4 is 45.4 Å². The third kappa shape index (κ3) is 2.10. The van der Waals surface area contributed by atoms with Gasteiger partial charge in [0.25, 0.3) is 0 Å². The largest absolute Gasteiger partial charge is 0.206 e. The van der Waals surface area contributed by atoms with Crippen LogP contribution in [0.5, 0.6) is 0 Å². The maximum Gasteiger partial charge on any atom is 0.134 e. The maximum atomic E-state index is 14.7. The van der Waals surface area contributed by atoms with Crippen molar-refractivity contribution in [1.29, 1.82) is 0 Å². The fraction of sp³-hybridized carbons (Fsp3) is 0.0667. The number of hydrogen-bond donors (Lipinski definition) is 0. The van der Waals surface area contributed by atoms with Gasteiger partial charge in [0, 0.05) is 15.3 Å². The second kappa shape index (κ2) is 4.98. The molecule has 3 aromatic heterocycles. The van der Waals surface area contributed by atoms with Gasteiger partial charge in [-0.2, -0.15) is 8.75 Å². The van der Waals surface area contributed by atoms with Crippen molar-refractivity contribution in [1.82, 2.24) is 8.75 Å². The molecular formula is C15H9FN2S3. The molecule has 0 aliphatic heterocycles. The van der Waals surface area contributed by atoms with E-state index in [1.165, 1.54) is 16.9 Å². The Balaban J connectivity index is 2.04. The van der Waals surface area contributed by atoms with Crippen molar-refractivity contribution in [3.05, 3.63) is 46.4 Å². The number of thiophene rings is 2. The molecule has 0 N–H and O–H groups in total. The Hall–Kier alpha value is -1.63. The highest BCUT2D eigenvalue weighted by molar-refractivity contribution is 7.14. The van der Waals surface area contributed by atoms with Crippen LogP contribution in [0.15, 0.2) is 35.0 Å². The van der Waals surface area contributed by atoms with Gasteiger partial charge >= 0.3 is 0 Å². The summed E-state index contributed by atoms with van der Waals surface area (Å²) < 4.78 is 23.4. The van der Waals surface area contributed by atoms with E-state index in [0.717, 1.165) is 32.6 Å². The summed E-state index contributed by atoms with van der Waals surface area (Å²) in [6, 6.07) is 7.48. The molecule has 0 saturated heterocycles. The number of rotatable bonds is 2. The van der Waals surface area contributed by atoms with Crippen molar-refractivity contribution in [3.63, 3.8) is 0 Å². The standard InChI is InChI=1S/C15H9FN2S3/c1-8-5-12(20-7-8)9-6-10(16)13(11-3-2-4-19-11)15-14(9)17-21-18-15/h2-7H,1H3. The number of halogens is 1. The Labute approximate surface area is 132 Å². The van der Waals surface area contributed by atoms with Crippen molar-refractivity contribution in [2.45, 2.75) is 6.92 Å².